The van der Waals surface area contributed by atoms with Crippen LogP contribution < -0.4 is 5.56 Å². The van der Waals surface area contributed by atoms with Crippen LogP contribution in [0.1, 0.15) is 24.9 Å². The van der Waals surface area contributed by atoms with Crippen LogP contribution in [0.4, 0.5) is 0 Å². The van der Waals surface area contributed by atoms with Crippen molar-refractivity contribution in [2.24, 2.45) is 0 Å². The largest absolute Gasteiger partial charge is 0.459 e. The normalized spacial score (nSPS) is 11.8. The molecular weight excluding hydrogens is 254 g/mol. The fraction of sp³-hybridized carbons (Fsp3) is 0.250. The molecule has 104 valence electrons. The molecule has 4 heteroatoms. The highest BCUT2D eigenvalue weighted by atomic mass is 16.5. The van der Waals surface area contributed by atoms with Crippen LogP contribution in [0.2, 0.25) is 0 Å². The van der Waals surface area contributed by atoms with Gasteiger partial charge in [0.05, 0.1) is 0 Å². The summed E-state index contributed by atoms with van der Waals surface area (Å²) in [6.45, 7) is 2.08. The van der Waals surface area contributed by atoms with E-state index in [1.54, 1.807) is 18.3 Å². The Kier molecular flexibility index (Phi) is 4.71. The van der Waals surface area contributed by atoms with E-state index in [0.29, 0.717) is 6.42 Å². The molecule has 4 nitrogen and oxygen atoms in total. The second kappa shape index (κ2) is 6.70. The van der Waals surface area contributed by atoms with Crippen LogP contribution >= 0.6 is 0 Å². The first-order valence-corrected chi connectivity index (χ1v) is 6.60. The van der Waals surface area contributed by atoms with Crippen molar-refractivity contribution in [2.45, 2.75) is 26.0 Å². The Bertz CT molecular complexity index is 619. The number of hydrogen-bond donors (Lipinski definition) is 0. The molecule has 1 aromatic carbocycles. The number of ether oxygens (including phenoxy) is 1. The molecule has 0 aliphatic rings. The van der Waals surface area contributed by atoms with Gasteiger partial charge in [-0.05, 0) is 18.1 Å². The van der Waals surface area contributed by atoms with Crippen LogP contribution in [0.25, 0.3) is 0 Å². The Morgan fingerprint density at radius 3 is 2.50 bits per heavy atom. The van der Waals surface area contributed by atoms with E-state index in [0.717, 1.165) is 5.56 Å². The van der Waals surface area contributed by atoms with Crippen LogP contribution in [0.15, 0.2) is 59.5 Å². The lowest BCUT2D eigenvalue weighted by Gasteiger charge is -2.16. The molecule has 1 aromatic heterocycles. The molecule has 2 aromatic rings. The molecule has 0 fully saturated rings. The quantitative estimate of drug-likeness (QED) is 0.785. The van der Waals surface area contributed by atoms with Crippen LogP contribution in [0.5, 0.6) is 0 Å². The van der Waals surface area contributed by atoms with Crippen molar-refractivity contribution in [2.75, 3.05) is 0 Å². The molecule has 0 aliphatic carbocycles. The molecule has 2 rings (SSSR count). The summed E-state index contributed by atoms with van der Waals surface area (Å²) in [5.41, 5.74) is 0.729. The third-order valence-electron chi connectivity index (χ3n) is 3.07. The van der Waals surface area contributed by atoms with Gasteiger partial charge in [-0.1, -0.05) is 43.3 Å². The number of aromatic nitrogens is 1. The van der Waals surface area contributed by atoms with Gasteiger partial charge in [-0.2, -0.15) is 0 Å². The van der Waals surface area contributed by atoms with Crippen molar-refractivity contribution in [1.29, 1.82) is 0 Å². The zero-order chi connectivity index (χ0) is 14.4. The minimum absolute atomic E-state index is 0.198. The molecular formula is C16H17NO3. The molecule has 0 bridgehead atoms. The van der Waals surface area contributed by atoms with E-state index in [9.17, 15) is 9.59 Å². The molecule has 0 radical (unpaired) electrons. The summed E-state index contributed by atoms with van der Waals surface area (Å²) in [5, 5.41) is 0. The second-order valence-corrected chi connectivity index (χ2v) is 4.46. The van der Waals surface area contributed by atoms with Crippen molar-refractivity contribution in [3.8, 4) is 0 Å². The number of carbonyl (C=O) groups is 1. The minimum atomic E-state index is -0.576. The number of rotatable bonds is 5. The molecule has 1 unspecified atom stereocenters. The van der Waals surface area contributed by atoms with Gasteiger partial charge in [0.15, 0.2) is 0 Å². The lowest BCUT2D eigenvalue weighted by atomic mass is 10.2. The van der Waals surface area contributed by atoms with E-state index in [-0.39, 0.29) is 18.1 Å². The first-order chi connectivity index (χ1) is 9.72. The van der Waals surface area contributed by atoms with Crippen LogP contribution in [-0.4, -0.2) is 10.5 Å². The maximum Gasteiger partial charge on any atom is 0.329 e. The number of pyridine rings is 1. The van der Waals surface area contributed by atoms with E-state index in [1.165, 1.54) is 10.6 Å². The topological polar surface area (TPSA) is 48.3 Å². The maximum absolute atomic E-state index is 12.1. The molecule has 0 spiro atoms. The Hall–Kier alpha value is -2.36. The fourth-order valence-electron chi connectivity index (χ4n) is 2.00. The number of benzene rings is 1. The average Bonchev–Trinajstić information content (AvgIpc) is 2.49. The maximum atomic E-state index is 12.1. The average molecular weight is 271 g/mol. The lowest BCUT2D eigenvalue weighted by molar-refractivity contribution is -0.149. The second-order valence-electron chi connectivity index (χ2n) is 4.46. The highest BCUT2D eigenvalue weighted by molar-refractivity contribution is 5.74. The molecule has 1 atom stereocenters. The van der Waals surface area contributed by atoms with Crippen molar-refractivity contribution < 1.29 is 9.53 Å². The van der Waals surface area contributed by atoms with E-state index in [2.05, 4.69) is 0 Å². The smallest absolute Gasteiger partial charge is 0.329 e. The van der Waals surface area contributed by atoms with Gasteiger partial charge < -0.3 is 9.30 Å². The molecule has 0 amide bonds. The van der Waals surface area contributed by atoms with Crippen molar-refractivity contribution in [1.82, 2.24) is 4.57 Å². The Morgan fingerprint density at radius 1 is 1.15 bits per heavy atom. The van der Waals surface area contributed by atoms with Gasteiger partial charge in [0, 0.05) is 12.3 Å². The molecule has 0 saturated heterocycles. The Labute approximate surface area is 117 Å². The standard InChI is InChI=1S/C16H17NO3/c1-2-14(17-11-7-6-10-15(17)18)16(19)20-12-13-8-4-3-5-9-13/h3-11,14H,2,12H2,1H3. The molecule has 0 saturated carbocycles. The van der Waals surface area contributed by atoms with Gasteiger partial charge in [-0.15, -0.1) is 0 Å². The summed E-state index contributed by atoms with van der Waals surface area (Å²) in [7, 11) is 0. The SMILES string of the molecule is CCC(C(=O)OCc1ccccc1)n1ccccc1=O. The predicted octanol–water partition coefficient (Wildman–Crippen LogP) is 2.54. The monoisotopic (exact) mass is 271 g/mol. The highest BCUT2D eigenvalue weighted by Crippen LogP contribution is 2.12. The van der Waals surface area contributed by atoms with Gasteiger partial charge in [-0.3, -0.25) is 4.79 Å². The molecule has 20 heavy (non-hydrogen) atoms. The third-order valence-corrected chi connectivity index (χ3v) is 3.07. The summed E-state index contributed by atoms with van der Waals surface area (Å²) in [6.07, 6.45) is 2.12. The van der Waals surface area contributed by atoms with Gasteiger partial charge in [0.1, 0.15) is 12.6 Å². The van der Waals surface area contributed by atoms with E-state index in [1.807, 2.05) is 37.3 Å². The van der Waals surface area contributed by atoms with E-state index < -0.39 is 6.04 Å². The fourth-order valence-corrected chi connectivity index (χ4v) is 2.00. The van der Waals surface area contributed by atoms with Crippen molar-refractivity contribution in [3.63, 3.8) is 0 Å². The predicted molar refractivity (Wildman–Crippen MR) is 76.3 cm³/mol. The van der Waals surface area contributed by atoms with Gasteiger partial charge in [-0.25, -0.2) is 4.79 Å². The molecule has 0 N–H and O–H groups in total. The zero-order valence-electron chi connectivity index (χ0n) is 11.4. The van der Waals surface area contributed by atoms with Crippen molar-refractivity contribution >= 4 is 5.97 Å². The number of hydrogen-bond acceptors (Lipinski definition) is 3. The number of carbonyl (C=O) groups excluding carboxylic acids is 1. The third kappa shape index (κ3) is 3.35. The van der Waals surface area contributed by atoms with Gasteiger partial charge >= 0.3 is 5.97 Å². The van der Waals surface area contributed by atoms with Crippen LogP contribution in [0.3, 0.4) is 0 Å². The zero-order valence-corrected chi connectivity index (χ0v) is 11.4. The van der Waals surface area contributed by atoms with Gasteiger partial charge in [0.2, 0.25) is 0 Å². The van der Waals surface area contributed by atoms with Crippen LogP contribution in [-0.2, 0) is 16.1 Å². The summed E-state index contributed by atoms with van der Waals surface area (Å²) >= 11 is 0. The summed E-state index contributed by atoms with van der Waals surface area (Å²) in [4.78, 5) is 23.9. The summed E-state index contributed by atoms with van der Waals surface area (Å²) in [6, 6.07) is 13.7. The Morgan fingerprint density at radius 2 is 1.85 bits per heavy atom. The molecule has 0 aliphatic heterocycles. The van der Waals surface area contributed by atoms with E-state index in [4.69, 9.17) is 4.74 Å². The summed E-state index contributed by atoms with van der Waals surface area (Å²) in [5.74, 6) is -0.385. The van der Waals surface area contributed by atoms with E-state index >= 15 is 0 Å². The molecule has 1 heterocycles. The van der Waals surface area contributed by atoms with Gasteiger partial charge in [0.25, 0.3) is 5.56 Å². The minimum Gasteiger partial charge on any atom is -0.459 e. The lowest BCUT2D eigenvalue weighted by Crippen LogP contribution is -2.29. The first kappa shape index (κ1) is 14.1. The van der Waals surface area contributed by atoms with Crippen molar-refractivity contribution in [3.05, 3.63) is 70.6 Å². The first-order valence-electron chi connectivity index (χ1n) is 6.60. The number of nitrogens with zero attached hydrogens (tertiary/aromatic N) is 1. The Balaban J connectivity index is 2.07. The van der Waals surface area contributed by atoms with Crippen LogP contribution in [0, 0.1) is 0 Å². The number of esters is 1. The summed E-state index contributed by atoms with van der Waals surface area (Å²) < 4.78 is 6.70. The highest BCUT2D eigenvalue weighted by Gasteiger charge is 2.20.